The number of hydrogen-bond donors (Lipinski definition) is 1. The fourth-order valence-corrected chi connectivity index (χ4v) is 2.84. The van der Waals surface area contributed by atoms with E-state index in [4.69, 9.17) is 8.94 Å². The smallest absolute Gasteiger partial charge is 0.241 e. The molecule has 3 aromatic rings. The monoisotopic (exact) mass is 347 g/mol. The SMILES string of the molecule is Cl.c1cncc(C2CNCCN2Cc2nc(-c3ccco3)no2)c1. The summed E-state index contributed by atoms with van der Waals surface area (Å²) < 4.78 is 10.7. The molecule has 1 aliphatic heterocycles. The topological polar surface area (TPSA) is 80.2 Å². The number of nitrogens with zero attached hydrogens (tertiary/aromatic N) is 4. The van der Waals surface area contributed by atoms with Crippen LogP contribution in [0.15, 0.2) is 51.9 Å². The molecule has 0 saturated carbocycles. The van der Waals surface area contributed by atoms with Crippen molar-refractivity contribution in [2.75, 3.05) is 19.6 Å². The van der Waals surface area contributed by atoms with Crippen molar-refractivity contribution in [1.82, 2.24) is 25.3 Å². The van der Waals surface area contributed by atoms with Gasteiger partial charge >= 0.3 is 0 Å². The summed E-state index contributed by atoms with van der Waals surface area (Å²) in [6.07, 6.45) is 5.30. The second-order valence-corrected chi connectivity index (χ2v) is 5.47. The van der Waals surface area contributed by atoms with E-state index in [1.807, 2.05) is 18.3 Å². The van der Waals surface area contributed by atoms with Crippen molar-refractivity contribution in [2.24, 2.45) is 0 Å². The molecule has 1 saturated heterocycles. The van der Waals surface area contributed by atoms with Gasteiger partial charge in [0.05, 0.1) is 12.8 Å². The highest BCUT2D eigenvalue weighted by Gasteiger charge is 2.26. The summed E-state index contributed by atoms with van der Waals surface area (Å²) in [5.41, 5.74) is 1.19. The maximum Gasteiger partial charge on any atom is 0.241 e. The Bertz CT molecular complexity index is 747. The van der Waals surface area contributed by atoms with Crippen molar-refractivity contribution in [3.63, 3.8) is 0 Å². The Kier molecular flexibility index (Phi) is 5.24. The van der Waals surface area contributed by atoms with Gasteiger partial charge in [0.2, 0.25) is 11.7 Å². The minimum absolute atomic E-state index is 0. The quantitative estimate of drug-likeness (QED) is 0.775. The number of furan rings is 1. The van der Waals surface area contributed by atoms with Crippen molar-refractivity contribution in [3.8, 4) is 11.6 Å². The summed E-state index contributed by atoms with van der Waals surface area (Å²) in [7, 11) is 0. The minimum Gasteiger partial charge on any atom is -0.461 e. The van der Waals surface area contributed by atoms with Crippen molar-refractivity contribution in [1.29, 1.82) is 0 Å². The lowest BCUT2D eigenvalue weighted by molar-refractivity contribution is 0.135. The van der Waals surface area contributed by atoms with Gasteiger partial charge in [-0.2, -0.15) is 4.98 Å². The predicted molar refractivity (Wildman–Crippen MR) is 89.5 cm³/mol. The first-order chi connectivity index (χ1) is 11.4. The summed E-state index contributed by atoms with van der Waals surface area (Å²) in [6, 6.07) is 7.93. The zero-order valence-corrected chi connectivity index (χ0v) is 13.8. The highest BCUT2D eigenvalue weighted by atomic mass is 35.5. The van der Waals surface area contributed by atoms with E-state index < -0.39 is 0 Å². The van der Waals surface area contributed by atoms with Crippen molar-refractivity contribution >= 4 is 12.4 Å². The lowest BCUT2D eigenvalue weighted by atomic mass is 10.1. The van der Waals surface area contributed by atoms with Crippen LogP contribution in [0.3, 0.4) is 0 Å². The van der Waals surface area contributed by atoms with Crippen LogP contribution in [-0.4, -0.2) is 39.7 Å². The molecule has 0 bridgehead atoms. The summed E-state index contributed by atoms with van der Waals surface area (Å²) in [5.74, 6) is 1.69. The van der Waals surface area contributed by atoms with Gasteiger partial charge in [0, 0.05) is 38.1 Å². The minimum atomic E-state index is 0. The van der Waals surface area contributed by atoms with Crippen molar-refractivity contribution < 1.29 is 8.94 Å². The van der Waals surface area contributed by atoms with E-state index in [0.717, 1.165) is 19.6 Å². The second kappa shape index (κ2) is 7.57. The number of aromatic nitrogens is 3. The fraction of sp³-hybridized carbons (Fsp3) is 0.312. The van der Waals surface area contributed by atoms with Gasteiger partial charge in [0.1, 0.15) is 0 Å². The van der Waals surface area contributed by atoms with Crippen LogP contribution in [0.1, 0.15) is 17.5 Å². The third kappa shape index (κ3) is 3.48. The normalized spacial score (nSPS) is 18.2. The van der Waals surface area contributed by atoms with Gasteiger partial charge in [-0.1, -0.05) is 11.2 Å². The molecule has 1 N–H and O–H groups in total. The van der Waals surface area contributed by atoms with Crippen LogP contribution >= 0.6 is 12.4 Å². The molecular formula is C16H18ClN5O2. The number of pyridine rings is 1. The Morgan fingerprint density at radius 2 is 2.25 bits per heavy atom. The molecule has 24 heavy (non-hydrogen) atoms. The summed E-state index contributed by atoms with van der Waals surface area (Å²) in [5, 5.41) is 7.41. The molecule has 1 unspecified atom stereocenters. The molecule has 0 aliphatic carbocycles. The molecule has 4 heterocycles. The summed E-state index contributed by atoms with van der Waals surface area (Å²) >= 11 is 0. The highest BCUT2D eigenvalue weighted by molar-refractivity contribution is 5.85. The van der Waals surface area contributed by atoms with Crippen molar-refractivity contribution in [3.05, 3.63) is 54.4 Å². The van der Waals surface area contributed by atoms with Gasteiger partial charge in [-0.15, -0.1) is 12.4 Å². The maximum absolute atomic E-state index is 5.38. The molecule has 126 valence electrons. The van der Waals surface area contributed by atoms with E-state index in [0.29, 0.717) is 24.0 Å². The van der Waals surface area contributed by atoms with E-state index in [2.05, 4.69) is 31.4 Å². The third-order valence-electron chi connectivity index (χ3n) is 3.97. The zero-order valence-electron chi connectivity index (χ0n) is 13.0. The zero-order chi connectivity index (χ0) is 15.5. The summed E-state index contributed by atoms with van der Waals surface area (Å²) in [4.78, 5) is 11.0. The van der Waals surface area contributed by atoms with Crippen molar-refractivity contribution in [2.45, 2.75) is 12.6 Å². The lowest BCUT2D eigenvalue weighted by Gasteiger charge is -2.35. The molecule has 1 fully saturated rings. The first-order valence-electron chi connectivity index (χ1n) is 7.61. The van der Waals surface area contributed by atoms with Crippen LogP contribution < -0.4 is 5.32 Å². The van der Waals surface area contributed by atoms with Gasteiger partial charge in [-0.05, 0) is 23.8 Å². The second-order valence-electron chi connectivity index (χ2n) is 5.47. The van der Waals surface area contributed by atoms with E-state index in [9.17, 15) is 0 Å². The van der Waals surface area contributed by atoms with E-state index in [1.54, 1.807) is 18.5 Å². The van der Waals surface area contributed by atoms with Crippen LogP contribution in [0, 0.1) is 0 Å². The molecule has 7 nitrogen and oxygen atoms in total. The molecule has 0 aromatic carbocycles. The standard InChI is InChI=1S/C16H17N5O2.ClH/c1-3-12(9-17-5-1)13-10-18-6-7-21(13)11-15-19-16(20-23-15)14-4-2-8-22-14;/h1-5,8-9,13,18H,6-7,10-11H2;1H. The molecule has 1 atom stereocenters. The Morgan fingerprint density at radius 3 is 3.04 bits per heavy atom. The Hall–Kier alpha value is -2.22. The first kappa shape index (κ1) is 16.6. The van der Waals surface area contributed by atoms with Gasteiger partial charge in [0.15, 0.2) is 5.76 Å². The van der Waals surface area contributed by atoms with Crippen LogP contribution in [0.4, 0.5) is 0 Å². The largest absolute Gasteiger partial charge is 0.461 e. The predicted octanol–water partition coefficient (Wildman–Crippen LogP) is 2.29. The molecule has 0 spiro atoms. The fourth-order valence-electron chi connectivity index (χ4n) is 2.84. The molecule has 4 rings (SSSR count). The Morgan fingerprint density at radius 1 is 1.29 bits per heavy atom. The average Bonchev–Trinajstić information content (AvgIpc) is 3.27. The number of hydrogen-bond acceptors (Lipinski definition) is 7. The first-order valence-corrected chi connectivity index (χ1v) is 7.61. The Balaban J connectivity index is 0.00000169. The molecule has 3 aromatic heterocycles. The lowest BCUT2D eigenvalue weighted by Crippen LogP contribution is -2.45. The van der Waals surface area contributed by atoms with E-state index in [-0.39, 0.29) is 18.4 Å². The molecule has 0 amide bonds. The molecule has 8 heteroatoms. The van der Waals surface area contributed by atoms with Gasteiger partial charge in [-0.25, -0.2) is 0 Å². The highest BCUT2D eigenvalue weighted by Crippen LogP contribution is 2.24. The number of rotatable bonds is 4. The average molecular weight is 348 g/mol. The number of piperazine rings is 1. The van der Waals surface area contributed by atoms with E-state index in [1.165, 1.54) is 5.56 Å². The van der Waals surface area contributed by atoms with Crippen LogP contribution in [0.25, 0.3) is 11.6 Å². The van der Waals surface area contributed by atoms with Crippen LogP contribution in [0.2, 0.25) is 0 Å². The third-order valence-corrected chi connectivity index (χ3v) is 3.97. The van der Waals surface area contributed by atoms with Crippen LogP contribution in [0.5, 0.6) is 0 Å². The van der Waals surface area contributed by atoms with E-state index >= 15 is 0 Å². The summed E-state index contributed by atoms with van der Waals surface area (Å²) in [6.45, 7) is 3.34. The van der Waals surface area contributed by atoms with Gasteiger partial charge < -0.3 is 14.3 Å². The molecular weight excluding hydrogens is 330 g/mol. The molecule has 1 aliphatic rings. The number of nitrogens with one attached hydrogen (secondary N) is 1. The number of halogens is 1. The maximum atomic E-state index is 5.38. The van der Waals surface area contributed by atoms with Crippen LogP contribution in [-0.2, 0) is 6.54 Å². The van der Waals surface area contributed by atoms with Gasteiger partial charge in [-0.3, -0.25) is 9.88 Å². The Labute approximate surface area is 145 Å². The molecule has 0 radical (unpaired) electrons. The van der Waals surface area contributed by atoms with Gasteiger partial charge in [0.25, 0.3) is 0 Å².